The third-order valence-corrected chi connectivity index (χ3v) is 3.65. The van der Waals surface area contributed by atoms with Crippen LogP contribution in [0.25, 0.3) is 22.4 Å². The molecule has 0 aliphatic rings. The normalized spacial score (nSPS) is 10.1. The van der Waals surface area contributed by atoms with Gasteiger partial charge in [-0.2, -0.15) is 5.26 Å². The molecule has 21 heavy (non-hydrogen) atoms. The number of halogens is 1. The molecule has 0 bridgehead atoms. The van der Waals surface area contributed by atoms with Crippen LogP contribution in [0, 0.1) is 15.2 Å². The Morgan fingerprint density at radius 3 is 2.29 bits per heavy atom. The van der Waals surface area contributed by atoms with Crippen molar-refractivity contribution in [1.82, 2.24) is 9.97 Å². The molecule has 0 N–H and O–H groups in total. The number of nitriles is 1. The van der Waals surface area contributed by atoms with E-state index < -0.39 is 0 Å². The summed E-state index contributed by atoms with van der Waals surface area (Å²) in [6.45, 7) is 0. The van der Waals surface area contributed by atoms with Crippen LogP contribution >= 0.6 is 22.6 Å². The molecule has 0 aliphatic carbocycles. The molecular formula is C17H10IN3. The molecule has 1 heterocycles. The summed E-state index contributed by atoms with van der Waals surface area (Å²) in [6.07, 6.45) is 1.83. The fraction of sp³-hybridized carbons (Fsp3) is 0. The van der Waals surface area contributed by atoms with Gasteiger partial charge in [-0.25, -0.2) is 9.97 Å². The number of hydrogen-bond acceptors (Lipinski definition) is 3. The van der Waals surface area contributed by atoms with E-state index in [1.54, 1.807) is 0 Å². The van der Waals surface area contributed by atoms with Crippen molar-refractivity contribution in [3.8, 4) is 28.5 Å². The number of benzene rings is 2. The van der Waals surface area contributed by atoms with Gasteiger partial charge in [0.1, 0.15) is 0 Å². The van der Waals surface area contributed by atoms with E-state index in [0.717, 1.165) is 22.4 Å². The van der Waals surface area contributed by atoms with Gasteiger partial charge in [-0.15, -0.1) is 0 Å². The van der Waals surface area contributed by atoms with Crippen molar-refractivity contribution in [3.63, 3.8) is 0 Å². The highest BCUT2D eigenvalue weighted by Gasteiger charge is 2.10. The standard InChI is InChI=1S/C17H10IN3/c18-17-20-11-15(13-8-6-12(10-19)7-9-13)16(21-17)14-4-2-1-3-5-14/h1-9,11H. The van der Waals surface area contributed by atoms with Crippen LogP contribution in [0.3, 0.4) is 0 Å². The highest BCUT2D eigenvalue weighted by Crippen LogP contribution is 2.30. The largest absolute Gasteiger partial charge is 0.231 e. The molecule has 3 nitrogen and oxygen atoms in total. The van der Waals surface area contributed by atoms with Crippen LogP contribution < -0.4 is 0 Å². The van der Waals surface area contributed by atoms with E-state index in [4.69, 9.17) is 5.26 Å². The van der Waals surface area contributed by atoms with E-state index in [1.807, 2.05) is 60.8 Å². The van der Waals surface area contributed by atoms with Crippen molar-refractivity contribution in [3.05, 3.63) is 70.2 Å². The molecule has 0 saturated carbocycles. The van der Waals surface area contributed by atoms with Gasteiger partial charge >= 0.3 is 0 Å². The Hall–Kier alpha value is -2.26. The van der Waals surface area contributed by atoms with Crippen molar-refractivity contribution in [2.24, 2.45) is 0 Å². The number of rotatable bonds is 2. The smallest absolute Gasteiger partial charge is 0.191 e. The molecule has 0 fully saturated rings. The first-order valence-corrected chi connectivity index (χ1v) is 7.44. The average Bonchev–Trinajstić information content (AvgIpc) is 2.56. The number of hydrogen-bond donors (Lipinski definition) is 0. The van der Waals surface area contributed by atoms with Crippen LogP contribution in [-0.2, 0) is 0 Å². The molecule has 1 aromatic heterocycles. The molecule has 0 unspecified atom stereocenters. The Kier molecular flexibility index (Phi) is 3.93. The van der Waals surface area contributed by atoms with Gasteiger partial charge in [-0.3, -0.25) is 0 Å². The third kappa shape index (κ3) is 2.93. The van der Waals surface area contributed by atoms with Crippen LogP contribution in [0.2, 0.25) is 0 Å². The molecule has 3 aromatic rings. The van der Waals surface area contributed by atoms with Gasteiger partial charge in [0.05, 0.1) is 17.3 Å². The highest BCUT2D eigenvalue weighted by molar-refractivity contribution is 14.1. The maximum absolute atomic E-state index is 8.89. The predicted octanol–water partition coefficient (Wildman–Crippen LogP) is 4.29. The van der Waals surface area contributed by atoms with Crippen molar-refractivity contribution < 1.29 is 0 Å². The maximum Gasteiger partial charge on any atom is 0.191 e. The molecule has 0 atom stereocenters. The molecule has 0 amide bonds. The van der Waals surface area contributed by atoms with Gasteiger partial charge < -0.3 is 0 Å². The van der Waals surface area contributed by atoms with Crippen LogP contribution in [0.1, 0.15) is 5.56 Å². The molecular weight excluding hydrogens is 373 g/mol. The van der Waals surface area contributed by atoms with Gasteiger partial charge in [0.15, 0.2) is 3.83 Å². The zero-order valence-electron chi connectivity index (χ0n) is 11.0. The van der Waals surface area contributed by atoms with E-state index in [2.05, 4.69) is 38.6 Å². The molecule has 0 saturated heterocycles. The third-order valence-electron chi connectivity index (χ3n) is 3.13. The summed E-state index contributed by atoms with van der Waals surface area (Å²) in [5, 5.41) is 8.89. The minimum atomic E-state index is 0.645. The minimum absolute atomic E-state index is 0.645. The first kappa shape index (κ1) is 13.7. The number of nitrogens with zero attached hydrogens (tertiary/aromatic N) is 3. The van der Waals surface area contributed by atoms with Crippen LogP contribution in [0.15, 0.2) is 60.8 Å². The van der Waals surface area contributed by atoms with Crippen molar-refractivity contribution in [1.29, 1.82) is 5.26 Å². The SMILES string of the molecule is N#Cc1ccc(-c2cnc(I)nc2-c2ccccc2)cc1. The lowest BCUT2D eigenvalue weighted by molar-refractivity contribution is 1.11. The summed E-state index contributed by atoms with van der Waals surface area (Å²) in [5.74, 6) is 0. The van der Waals surface area contributed by atoms with Crippen molar-refractivity contribution in [2.75, 3.05) is 0 Å². The van der Waals surface area contributed by atoms with Crippen molar-refractivity contribution in [2.45, 2.75) is 0 Å². The Morgan fingerprint density at radius 1 is 0.905 bits per heavy atom. The lowest BCUT2D eigenvalue weighted by Gasteiger charge is -2.09. The van der Waals surface area contributed by atoms with E-state index in [9.17, 15) is 0 Å². The van der Waals surface area contributed by atoms with Gasteiger partial charge in [0.2, 0.25) is 0 Å². The van der Waals surface area contributed by atoms with Crippen LogP contribution in [0.5, 0.6) is 0 Å². The first-order chi connectivity index (χ1) is 10.3. The van der Waals surface area contributed by atoms with Gasteiger partial charge in [0, 0.05) is 39.9 Å². The fourth-order valence-electron chi connectivity index (χ4n) is 2.11. The minimum Gasteiger partial charge on any atom is -0.231 e. The summed E-state index contributed by atoms with van der Waals surface area (Å²) in [5.41, 5.74) is 4.57. The van der Waals surface area contributed by atoms with Gasteiger partial charge in [-0.05, 0) is 17.7 Å². The van der Waals surface area contributed by atoms with Gasteiger partial charge in [-0.1, -0.05) is 42.5 Å². The van der Waals surface area contributed by atoms with E-state index in [0.29, 0.717) is 9.39 Å². The summed E-state index contributed by atoms with van der Waals surface area (Å²) in [7, 11) is 0. The first-order valence-electron chi connectivity index (χ1n) is 6.36. The maximum atomic E-state index is 8.89. The monoisotopic (exact) mass is 383 g/mol. The molecule has 3 rings (SSSR count). The van der Waals surface area contributed by atoms with E-state index >= 15 is 0 Å². The topological polar surface area (TPSA) is 49.6 Å². The second kappa shape index (κ2) is 6.02. The molecule has 0 spiro atoms. The summed E-state index contributed by atoms with van der Waals surface area (Å²) < 4.78 is 0.712. The van der Waals surface area contributed by atoms with Crippen molar-refractivity contribution >= 4 is 22.6 Å². The van der Waals surface area contributed by atoms with E-state index in [1.165, 1.54) is 0 Å². The Labute approximate surface area is 136 Å². The second-order valence-electron chi connectivity index (χ2n) is 4.46. The summed E-state index contributed by atoms with van der Waals surface area (Å²) in [6, 6.07) is 19.6. The summed E-state index contributed by atoms with van der Waals surface area (Å²) in [4.78, 5) is 8.87. The van der Waals surface area contributed by atoms with Gasteiger partial charge in [0.25, 0.3) is 0 Å². The zero-order chi connectivity index (χ0) is 14.7. The predicted molar refractivity (Wildman–Crippen MR) is 90.3 cm³/mol. The second-order valence-corrected chi connectivity index (χ2v) is 5.42. The van der Waals surface area contributed by atoms with Crippen LogP contribution in [0.4, 0.5) is 0 Å². The Morgan fingerprint density at radius 2 is 1.62 bits per heavy atom. The molecule has 0 radical (unpaired) electrons. The molecule has 100 valence electrons. The lowest BCUT2D eigenvalue weighted by Crippen LogP contribution is -1.95. The quantitative estimate of drug-likeness (QED) is 0.490. The highest BCUT2D eigenvalue weighted by atomic mass is 127. The fourth-order valence-corrected chi connectivity index (χ4v) is 2.49. The Bertz CT molecular complexity index is 806. The Balaban J connectivity index is 2.16. The summed E-state index contributed by atoms with van der Waals surface area (Å²) >= 11 is 2.11. The molecule has 2 aromatic carbocycles. The van der Waals surface area contributed by atoms with Crippen LogP contribution in [-0.4, -0.2) is 9.97 Å². The average molecular weight is 383 g/mol. The molecule has 0 aliphatic heterocycles. The zero-order valence-corrected chi connectivity index (χ0v) is 13.2. The number of aromatic nitrogens is 2. The lowest BCUT2D eigenvalue weighted by atomic mass is 10.00. The molecule has 4 heteroatoms. The van der Waals surface area contributed by atoms with E-state index in [-0.39, 0.29) is 0 Å².